The summed E-state index contributed by atoms with van der Waals surface area (Å²) in [5, 5.41) is 3.13. The predicted octanol–water partition coefficient (Wildman–Crippen LogP) is 4.24. The van der Waals surface area contributed by atoms with Crippen molar-refractivity contribution in [3.8, 4) is 11.5 Å². The quantitative estimate of drug-likeness (QED) is 0.700. The molecule has 0 radical (unpaired) electrons. The van der Waals surface area contributed by atoms with Crippen LogP contribution in [0.4, 0.5) is 5.82 Å². The highest BCUT2D eigenvalue weighted by molar-refractivity contribution is 14.1. The fourth-order valence-corrected chi connectivity index (χ4v) is 3.29. The van der Waals surface area contributed by atoms with Crippen molar-refractivity contribution >= 4 is 44.3 Å². The second-order valence-electron chi connectivity index (χ2n) is 5.42. The molecule has 0 saturated heterocycles. The molecule has 0 aliphatic carbocycles. The first kappa shape index (κ1) is 15.6. The van der Waals surface area contributed by atoms with Crippen LogP contribution < -0.4 is 5.32 Å². The van der Waals surface area contributed by atoms with Crippen LogP contribution in [0.3, 0.4) is 0 Å². The lowest BCUT2D eigenvalue weighted by atomic mass is 9.92. The van der Waals surface area contributed by atoms with Gasteiger partial charge < -0.3 is 5.32 Å². The molecule has 4 nitrogen and oxygen atoms in total. The lowest BCUT2D eigenvalue weighted by molar-refractivity contribution is 0.564. The standard InChI is InChI=1S/C14H16BrIN4/c1-14(2,3)11-10(16)13(17-4)20-12(19-11)9-6-5-8(15)7-18-9/h5-7H,1-4H3,(H,17,19,20). The normalized spacial score (nSPS) is 11.5. The molecule has 0 fully saturated rings. The summed E-state index contributed by atoms with van der Waals surface area (Å²) in [5.41, 5.74) is 1.75. The summed E-state index contributed by atoms with van der Waals surface area (Å²) < 4.78 is 2.00. The van der Waals surface area contributed by atoms with Crippen molar-refractivity contribution in [2.45, 2.75) is 26.2 Å². The molecule has 0 aliphatic heterocycles. The van der Waals surface area contributed by atoms with Crippen molar-refractivity contribution in [3.63, 3.8) is 0 Å². The first-order valence-corrected chi connectivity index (χ1v) is 8.08. The maximum atomic E-state index is 4.72. The molecular formula is C14H16BrIN4. The van der Waals surface area contributed by atoms with Gasteiger partial charge in [-0.15, -0.1) is 0 Å². The Balaban J connectivity index is 2.63. The molecule has 0 aromatic carbocycles. The smallest absolute Gasteiger partial charge is 0.180 e. The number of rotatable bonds is 2. The van der Waals surface area contributed by atoms with E-state index in [1.807, 2.05) is 19.2 Å². The second kappa shape index (κ2) is 5.93. The van der Waals surface area contributed by atoms with Crippen molar-refractivity contribution in [2.75, 3.05) is 12.4 Å². The highest BCUT2D eigenvalue weighted by Gasteiger charge is 2.23. The van der Waals surface area contributed by atoms with E-state index < -0.39 is 0 Å². The number of halogens is 2. The van der Waals surface area contributed by atoms with Gasteiger partial charge in [-0.3, -0.25) is 4.98 Å². The van der Waals surface area contributed by atoms with Gasteiger partial charge in [0.05, 0.1) is 9.26 Å². The van der Waals surface area contributed by atoms with E-state index in [1.165, 1.54) is 0 Å². The lowest BCUT2D eigenvalue weighted by Gasteiger charge is -2.21. The summed E-state index contributed by atoms with van der Waals surface area (Å²) in [6.07, 6.45) is 1.76. The summed E-state index contributed by atoms with van der Waals surface area (Å²) in [7, 11) is 1.87. The SMILES string of the molecule is CNc1nc(-c2ccc(Br)cn2)nc(C(C)(C)C)c1I. The van der Waals surface area contributed by atoms with Crippen LogP contribution >= 0.6 is 38.5 Å². The number of pyridine rings is 1. The van der Waals surface area contributed by atoms with E-state index in [-0.39, 0.29) is 5.41 Å². The number of nitrogens with zero attached hydrogens (tertiary/aromatic N) is 3. The summed E-state index contributed by atoms with van der Waals surface area (Å²) in [6, 6.07) is 3.86. The fourth-order valence-electron chi connectivity index (χ4n) is 1.73. The largest absolute Gasteiger partial charge is 0.372 e. The van der Waals surface area contributed by atoms with Gasteiger partial charge in [0.1, 0.15) is 11.5 Å². The van der Waals surface area contributed by atoms with Crippen LogP contribution in [-0.4, -0.2) is 22.0 Å². The van der Waals surface area contributed by atoms with Crippen LogP contribution in [0.2, 0.25) is 0 Å². The Morgan fingerprint density at radius 2 is 1.90 bits per heavy atom. The third-order valence-electron chi connectivity index (χ3n) is 2.75. The maximum absolute atomic E-state index is 4.72. The highest BCUT2D eigenvalue weighted by atomic mass is 127. The monoisotopic (exact) mass is 446 g/mol. The van der Waals surface area contributed by atoms with E-state index >= 15 is 0 Å². The number of anilines is 1. The average Bonchev–Trinajstić information content (AvgIpc) is 2.38. The number of nitrogens with one attached hydrogen (secondary N) is 1. The van der Waals surface area contributed by atoms with Crippen molar-refractivity contribution in [3.05, 3.63) is 32.1 Å². The molecule has 1 N–H and O–H groups in total. The van der Waals surface area contributed by atoms with Crippen LogP contribution in [0.1, 0.15) is 26.5 Å². The van der Waals surface area contributed by atoms with Crippen molar-refractivity contribution in [1.29, 1.82) is 0 Å². The highest BCUT2D eigenvalue weighted by Crippen LogP contribution is 2.31. The first-order valence-electron chi connectivity index (χ1n) is 6.20. The lowest BCUT2D eigenvalue weighted by Crippen LogP contribution is -2.18. The zero-order valence-electron chi connectivity index (χ0n) is 11.8. The van der Waals surface area contributed by atoms with Gasteiger partial charge >= 0.3 is 0 Å². The van der Waals surface area contributed by atoms with Gasteiger partial charge in [0.25, 0.3) is 0 Å². The molecule has 0 amide bonds. The van der Waals surface area contributed by atoms with E-state index in [1.54, 1.807) is 6.20 Å². The molecule has 2 heterocycles. The van der Waals surface area contributed by atoms with Gasteiger partial charge in [0.15, 0.2) is 5.82 Å². The molecule has 0 spiro atoms. The van der Waals surface area contributed by atoms with Crippen LogP contribution in [-0.2, 0) is 5.41 Å². The van der Waals surface area contributed by atoms with Gasteiger partial charge in [0.2, 0.25) is 0 Å². The molecular weight excluding hydrogens is 431 g/mol. The Morgan fingerprint density at radius 3 is 2.40 bits per heavy atom. The van der Waals surface area contributed by atoms with Gasteiger partial charge in [-0.25, -0.2) is 9.97 Å². The summed E-state index contributed by atoms with van der Waals surface area (Å²) in [6.45, 7) is 6.45. The third kappa shape index (κ3) is 3.28. The molecule has 2 aromatic rings. The topological polar surface area (TPSA) is 50.7 Å². The Labute approximate surface area is 141 Å². The Hall–Kier alpha value is -0.760. The molecule has 2 aromatic heterocycles. The second-order valence-corrected chi connectivity index (χ2v) is 7.41. The molecule has 0 unspecified atom stereocenters. The molecule has 0 bridgehead atoms. The third-order valence-corrected chi connectivity index (χ3v) is 4.25. The van der Waals surface area contributed by atoms with E-state index in [0.717, 1.165) is 25.2 Å². The predicted molar refractivity (Wildman–Crippen MR) is 93.9 cm³/mol. The Bertz CT molecular complexity index is 620. The average molecular weight is 447 g/mol. The summed E-state index contributed by atoms with van der Waals surface area (Å²) >= 11 is 5.68. The van der Waals surface area contributed by atoms with Crippen LogP contribution in [0.15, 0.2) is 22.8 Å². The first-order chi connectivity index (χ1) is 9.32. The van der Waals surface area contributed by atoms with Crippen molar-refractivity contribution < 1.29 is 0 Å². The number of hydrogen-bond acceptors (Lipinski definition) is 4. The van der Waals surface area contributed by atoms with E-state index in [4.69, 9.17) is 4.98 Å². The van der Waals surface area contributed by atoms with Gasteiger partial charge in [0, 0.05) is 23.1 Å². The molecule has 6 heteroatoms. The Morgan fingerprint density at radius 1 is 1.20 bits per heavy atom. The number of hydrogen-bond donors (Lipinski definition) is 1. The van der Waals surface area contributed by atoms with Gasteiger partial charge in [-0.05, 0) is 50.7 Å². The summed E-state index contributed by atoms with van der Waals surface area (Å²) in [4.78, 5) is 13.6. The van der Waals surface area contributed by atoms with Crippen molar-refractivity contribution in [2.24, 2.45) is 0 Å². The summed E-state index contributed by atoms with van der Waals surface area (Å²) in [5.74, 6) is 1.48. The minimum absolute atomic E-state index is 0.0465. The molecule has 106 valence electrons. The number of aromatic nitrogens is 3. The van der Waals surface area contributed by atoms with Gasteiger partial charge in [-0.2, -0.15) is 0 Å². The molecule has 0 saturated carbocycles. The molecule has 0 aliphatic rings. The fraction of sp³-hybridized carbons (Fsp3) is 0.357. The van der Waals surface area contributed by atoms with Crippen molar-refractivity contribution in [1.82, 2.24) is 15.0 Å². The van der Waals surface area contributed by atoms with Crippen LogP contribution in [0.25, 0.3) is 11.5 Å². The van der Waals surface area contributed by atoms with Crippen LogP contribution in [0.5, 0.6) is 0 Å². The van der Waals surface area contributed by atoms with Crippen LogP contribution in [0, 0.1) is 3.57 Å². The zero-order chi connectivity index (χ0) is 14.9. The molecule has 2 rings (SSSR count). The maximum Gasteiger partial charge on any atom is 0.180 e. The van der Waals surface area contributed by atoms with E-state index in [2.05, 4.69) is 74.6 Å². The van der Waals surface area contributed by atoms with Gasteiger partial charge in [-0.1, -0.05) is 20.8 Å². The van der Waals surface area contributed by atoms with E-state index in [0.29, 0.717) is 5.82 Å². The molecule has 20 heavy (non-hydrogen) atoms. The minimum Gasteiger partial charge on any atom is -0.372 e. The minimum atomic E-state index is -0.0465. The zero-order valence-corrected chi connectivity index (χ0v) is 15.6. The van der Waals surface area contributed by atoms with E-state index in [9.17, 15) is 0 Å². The molecule has 0 atom stereocenters. The Kier molecular flexibility index (Phi) is 4.63.